The molecule has 33 heavy (non-hydrogen) atoms. The molecule has 0 amide bonds. The van der Waals surface area contributed by atoms with Gasteiger partial charge in [-0.2, -0.15) is 0 Å². The zero-order valence-corrected chi connectivity index (χ0v) is 21.1. The molecule has 0 aliphatic rings. The molecule has 4 aromatic rings. The Labute approximate surface area is 222 Å². The van der Waals surface area contributed by atoms with Gasteiger partial charge in [0.15, 0.2) is 11.5 Å². The summed E-state index contributed by atoms with van der Waals surface area (Å²) in [6, 6.07) is 18.4. The SMILES string of the molecule is COc1cccc(-c2ccc(-c3ccc(-c4cc(C)ccc4O)cn3)nc2)c1O.[Cl-].[Cl-].[Cl-].[Mn+3]. The van der Waals surface area contributed by atoms with E-state index >= 15 is 0 Å². The smallest absolute Gasteiger partial charge is 1.00 e. The molecule has 0 radical (unpaired) electrons. The Kier molecular flexibility index (Phi) is 12.3. The van der Waals surface area contributed by atoms with Gasteiger partial charge in [-0.15, -0.1) is 0 Å². The number of hydrogen-bond acceptors (Lipinski definition) is 5. The molecule has 0 spiro atoms. The van der Waals surface area contributed by atoms with Gasteiger partial charge >= 0.3 is 17.1 Å². The Morgan fingerprint density at radius 3 is 1.82 bits per heavy atom. The second kappa shape index (κ2) is 13.3. The zero-order valence-electron chi connectivity index (χ0n) is 17.6. The molecule has 0 bridgehead atoms. The first kappa shape index (κ1) is 30.5. The summed E-state index contributed by atoms with van der Waals surface area (Å²) in [5, 5.41) is 20.4. The van der Waals surface area contributed by atoms with Gasteiger partial charge in [0, 0.05) is 34.6 Å². The number of para-hydroxylation sites is 1. The molecule has 5 nitrogen and oxygen atoms in total. The van der Waals surface area contributed by atoms with Crippen LogP contribution >= 0.6 is 0 Å². The van der Waals surface area contributed by atoms with Crippen LogP contribution in [0, 0.1) is 6.92 Å². The van der Waals surface area contributed by atoms with Crippen molar-refractivity contribution in [1.29, 1.82) is 0 Å². The van der Waals surface area contributed by atoms with Crippen LogP contribution in [-0.4, -0.2) is 27.3 Å². The molecule has 0 atom stereocenters. The molecule has 9 heteroatoms. The predicted molar refractivity (Wildman–Crippen MR) is 113 cm³/mol. The first-order chi connectivity index (χ1) is 14.1. The molecule has 0 unspecified atom stereocenters. The zero-order chi connectivity index (χ0) is 20.4. The third-order valence-electron chi connectivity index (χ3n) is 4.78. The van der Waals surface area contributed by atoms with Crippen LogP contribution in [0.25, 0.3) is 33.6 Å². The number of nitrogens with zero attached hydrogens (tertiary/aromatic N) is 2. The first-order valence-corrected chi connectivity index (χ1v) is 9.15. The summed E-state index contributed by atoms with van der Waals surface area (Å²) >= 11 is 0. The predicted octanol–water partition coefficient (Wildman–Crippen LogP) is -3.78. The number of aromatic hydroxyl groups is 2. The monoisotopic (exact) mass is 544 g/mol. The van der Waals surface area contributed by atoms with E-state index in [4.69, 9.17) is 4.74 Å². The molecule has 2 N–H and O–H groups in total. The number of methoxy groups -OCH3 is 1. The van der Waals surface area contributed by atoms with Gasteiger partial charge in [-0.1, -0.05) is 35.9 Å². The minimum Gasteiger partial charge on any atom is -1.00 e. The number of pyridine rings is 2. The fourth-order valence-corrected chi connectivity index (χ4v) is 3.21. The molecule has 172 valence electrons. The van der Waals surface area contributed by atoms with Gasteiger partial charge in [0.2, 0.25) is 0 Å². The molecule has 0 saturated heterocycles. The second-order valence-corrected chi connectivity index (χ2v) is 6.74. The van der Waals surface area contributed by atoms with Crippen LogP contribution in [-0.2, 0) is 17.1 Å². The fraction of sp³-hybridized carbons (Fsp3) is 0.0833. The summed E-state index contributed by atoms with van der Waals surface area (Å²) in [6.07, 6.45) is 3.43. The average molecular weight is 546 g/mol. The Balaban J connectivity index is 0.00000256. The molecule has 4 rings (SSSR count). The molecule has 0 fully saturated rings. The van der Waals surface area contributed by atoms with E-state index in [0.717, 1.165) is 33.6 Å². The Hall–Kier alpha value is -2.47. The number of hydrogen-bond donors (Lipinski definition) is 2. The maximum absolute atomic E-state index is 10.3. The van der Waals surface area contributed by atoms with Gasteiger partial charge in [0.1, 0.15) is 5.75 Å². The molecule has 2 aromatic carbocycles. The largest absolute Gasteiger partial charge is 3.00 e. The number of phenols is 2. The van der Waals surface area contributed by atoms with E-state index < -0.39 is 0 Å². The number of ether oxygens (including phenoxy) is 1. The average Bonchev–Trinajstić information content (AvgIpc) is 2.76. The van der Waals surface area contributed by atoms with E-state index in [1.165, 1.54) is 7.11 Å². The molecular weight excluding hydrogens is 526 g/mol. The Morgan fingerprint density at radius 2 is 1.30 bits per heavy atom. The first-order valence-electron chi connectivity index (χ1n) is 9.15. The van der Waals surface area contributed by atoms with Gasteiger partial charge in [0.25, 0.3) is 0 Å². The van der Waals surface area contributed by atoms with Crippen molar-refractivity contribution in [2.24, 2.45) is 0 Å². The van der Waals surface area contributed by atoms with E-state index in [-0.39, 0.29) is 65.8 Å². The van der Waals surface area contributed by atoms with E-state index in [2.05, 4.69) is 9.97 Å². The fourth-order valence-electron chi connectivity index (χ4n) is 3.21. The van der Waals surface area contributed by atoms with Crippen LogP contribution in [0.2, 0.25) is 0 Å². The van der Waals surface area contributed by atoms with E-state index in [1.807, 2.05) is 55.5 Å². The minimum atomic E-state index is 0. The van der Waals surface area contributed by atoms with Crippen molar-refractivity contribution in [2.75, 3.05) is 7.11 Å². The molecule has 0 aliphatic carbocycles. The van der Waals surface area contributed by atoms with Crippen molar-refractivity contribution in [1.82, 2.24) is 9.97 Å². The summed E-state index contributed by atoms with van der Waals surface area (Å²) in [6.45, 7) is 1.98. The van der Waals surface area contributed by atoms with Gasteiger partial charge < -0.3 is 52.2 Å². The third-order valence-corrected chi connectivity index (χ3v) is 4.78. The standard InChI is InChI=1S/C24H20N2O3.3ClH.Mn/c1-15-6-11-22(27)19(12-15)17-8-10-21(26-14-17)20-9-7-16(13-25-20)18-4-3-5-23(29-2)24(18)28;;;;/h3-14,27-28H,1-2H3;3*1H;/q;;;;+3/p-3. The van der Waals surface area contributed by atoms with Crippen molar-refractivity contribution in [3.8, 4) is 50.9 Å². The Bertz CT molecular complexity index is 1170. The van der Waals surface area contributed by atoms with Gasteiger partial charge in [0.05, 0.1) is 18.5 Å². The van der Waals surface area contributed by atoms with Crippen LogP contribution in [0.15, 0.2) is 73.1 Å². The van der Waals surface area contributed by atoms with Crippen molar-refractivity contribution >= 4 is 0 Å². The Morgan fingerprint density at radius 1 is 0.727 bits per heavy atom. The summed E-state index contributed by atoms with van der Waals surface area (Å²) < 4.78 is 5.17. The number of aromatic nitrogens is 2. The quantitative estimate of drug-likeness (QED) is 0.258. The van der Waals surface area contributed by atoms with E-state index in [0.29, 0.717) is 11.3 Å². The van der Waals surface area contributed by atoms with Crippen LogP contribution in [0.3, 0.4) is 0 Å². The third kappa shape index (κ3) is 6.53. The molecule has 0 aliphatic heterocycles. The molecule has 0 saturated carbocycles. The number of benzene rings is 2. The summed E-state index contributed by atoms with van der Waals surface area (Å²) in [4.78, 5) is 8.99. The van der Waals surface area contributed by atoms with Crippen LogP contribution in [0.4, 0.5) is 0 Å². The number of rotatable bonds is 4. The normalized spacial score (nSPS) is 9.39. The molecule has 2 aromatic heterocycles. The van der Waals surface area contributed by atoms with Crippen molar-refractivity contribution in [2.45, 2.75) is 6.92 Å². The summed E-state index contributed by atoms with van der Waals surface area (Å²) in [7, 11) is 1.52. The van der Waals surface area contributed by atoms with Gasteiger partial charge in [-0.05, 0) is 37.3 Å². The summed E-state index contributed by atoms with van der Waals surface area (Å²) in [5.41, 5.74) is 5.54. The van der Waals surface area contributed by atoms with Crippen LogP contribution in [0.1, 0.15) is 5.56 Å². The minimum absolute atomic E-state index is 0. The summed E-state index contributed by atoms with van der Waals surface area (Å²) in [5.74, 6) is 0.735. The maximum Gasteiger partial charge on any atom is 3.00 e. The topological polar surface area (TPSA) is 75.5 Å². The van der Waals surface area contributed by atoms with E-state index in [1.54, 1.807) is 24.5 Å². The number of halogens is 3. The van der Waals surface area contributed by atoms with Gasteiger partial charge in [-0.3, -0.25) is 9.97 Å². The van der Waals surface area contributed by atoms with Crippen molar-refractivity contribution in [3.63, 3.8) is 0 Å². The number of phenolic OH excluding ortho intramolecular Hbond substituents is 2. The van der Waals surface area contributed by atoms with Crippen molar-refractivity contribution in [3.05, 3.63) is 78.6 Å². The van der Waals surface area contributed by atoms with Crippen molar-refractivity contribution < 1.29 is 69.2 Å². The number of aryl methyl sites for hydroxylation is 1. The van der Waals surface area contributed by atoms with Gasteiger partial charge in [-0.25, -0.2) is 0 Å². The molecule has 2 heterocycles. The molecular formula is C24H20Cl3MnN2O3. The van der Waals surface area contributed by atoms with Crippen LogP contribution in [0.5, 0.6) is 17.2 Å². The van der Waals surface area contributed by atoms with Crippen LogP contribution < -0.4 is 42.0 Å². The van der Waals surface area contributed by atoms with E-state index in [9.17, 15) is 10.2 Å². The second-order valence-electron chi connectivity index (χ2n) is 6.74. The maximum atomic E-state index is 10.3.